The number of rotatable bonds is 1. The molecule has 0 aromatic heterocycles. The molecule has 1 aliphatic heterocycles. The van der Waals surface area contributed by atoms with Crippen molar-refractivity contribution in [3.8, 4) is 0 Å². The Kier molecular flexibility index (Phi) is 2.05. The Hall–Kier alpha value is -0.570. The van der Waals surface area contributed by atoms with E-state index in [0.29, 0.717) is 6.54 Å². The van der Waals surface area contributed by atoms with E-state index in [1.807, 2.05) is 0 Å². The highest BCUT2D eigenvalue weighted by molar-refractivity contribution is 5.22. The average molecular weight is 128 g/mol. The second-order valence-corrected chi connectivity index (χ2v) is 2.35. The van der Waals surface area contributed by atoms with Crippen molar-refractivity contribution in [3.63, 3.8) is 0 Å². The summed E-state index contributed by atoms with van der Waals surface area (Å²) in [7, 11) is 0. The first-order valence-corrected chi connectivity index (χ1v) is 3.22. The predicted molar refractivity (Wildman–Crippen MR) is 36.4 cm³/mol. The van der Waals surface area contributed by atoms with Gasteiger partial charge in [0.15, 0.2) is 0 Å². The minimum absolute atomic E-state index is 0.191. The van der Waals surface area contributed by atoms with Gasteiger partial charge in [0.25, 0.3) is 0 Å². The van der Waals surface area contributed by atoms with E-state index >= 15 is 0 Å². The van der Waals surface area contributed by atoms with Gasteiger partial charge in [0.1, 0.15) is 0 Å². The molecule has 0 unspecified atom stereocenters. The van der Waals surface area contributed by atoms with Crippen molar-refractivity contribution in [1.82, 2.24) is 5.01 Å². The highest BCUT2D eigenvalue weighted by Crippen LogP contribution is 2.08. The molecule has 0 amide bonds. The van der Waals surface area contributed by atoms with Crippen LogP contribution in [0, 0.1) is 0 Å². The molecular formula is C6H12N2O. The highest BCUT2D eigenvalue weighted by atomic mass is 16.3. The molecule has 0 aromatic rings. The van der Waals surface area contributed by atoms with E-state index in [2.05, 4.69) is 11.8 Å². The van der Waals surface area contributed by atoms with Crippen LogP contribution in [0.15, 0.2) is 5.10 Å². The zero-order valence-electron chi connectivity index (χ0n) is 5.45. The third kappa shape index (κ3) is 1.68. The maximum absolute atomic E-state index is 9.08. The molecule has 1 N–H and O–H groups in total. The van der Waals surface area contributed by atoms with Crippen molar-refractivity contribution in [1.29, 1.82) is 0 Å². The van der Waals surface area contributed by atoms with E-state index in [4.69, 9.17) is 5.11 Å². The molecule has 1 atom stereocenters. The first kappa shape index (κ1) is 6.55. The predicted octanol–water partition coefficient (Wildman–Crippen LogP) is 0.0587. The lowest BCUT2D eigenvalue weighted by Crippen LogP contribution is -2.34. The standard InChI is InChI=1S/C6H12N2O/c1-7-8-4-2-3-6(9)5-8/h6,9H,1-5H2/t6-/m1/s1. The molecule has 1 heterocycles. The number of hydrogen-bond acceptors (Lipinski definition) is 3. The molecule has 0 saturated carbocycles. The van der Waals surface area contributed by atoms with Crippen molar-refractivity contribution >= 4 is 6.72 Å². The summed E-state index contributed by atoms with van der Waals surface area (Å²) in [4.78, 5) is 0. The van der Waals surface area contributed by atoms with Crippen molar-refractivity contribution in [2.75, 3.05) is 13.1 Å². The molecule has 0 radical (unpaired) electrons. The molecule has 52 valence electrons. The average Bonchev–Trinajstić information content (AvgIpc) is 1.88. The summed E-state index contributed by atoms with van der Waals surface area (Å²) in [5.41, 5.74) is 0. The van der Waals surface area contributed by atoms with Crippen molar-refractivity contribution in [2.45, 2.75) is 18.9 Å². The van der Waals surface area contributed by atoms with Crippen LogP contribution in [0.25, 0.3) is 0 Å². The van der Waals surface area contributed by atoms with E-state index in [0.717, 1.165) is 19.4 Å². The number of piperidine rings is 1. The van der Waals surface area contributed by atoms with Gasteiger partial charge in [-0.15, -0.1) is 0 Å². The molecule has 3 nitrogen and oxygen atoms in total. The monoisotopic (exact) mass is 128 g/mol. The molecule has 1 fully saturated rings. The summed E-state index contributed by atoms with van der Waals surface area (Å²) in [6.45, 7) is 4.98. The summed E-state index contributed by atoms with van der Waals surface area (Å²) in [6.07, 6.45) is 1.75. The molecule has 9 heavy (non-hydrogen) atoms. The van der Waals surface area contributed by atoms with Gasteiger partial charge in [-0.3, -0.25) is 5.01 Å². The van der Waals surface area contributed by atoms with Crippen molar-refractivity contribution in [2.24, 2.45) is 5.10 Å². The van der Waals surface area contributed by atoms with E-state index in [-0.39, 0.29) is 6.10 Å². The molecule has 3 heteroatoms. The third-order valence-electron chi connectivity index (χ3n) is 1.58. The smallest absolute Gasteiger partial charge is 0.0732 e. The summed E-state index contributed by atoms with van der Waals surface area (Å²) in [5.74, 6) is 0. The number of nitrogens with zero attached hydrogens (tertiary/aromatic N) is 2. The minimum Gasteiger partial charge on any atom is -0.391 e. The minimum atomic E-state index is -0.191. The van der Waals surface area contributed by atoms with Crippen LogP contribution < -0.4 is 0 Å². The maximum Gasteiger partial charge on any atom is 0.0732 e. The van der Waals surface area contributed by atoms with E-state index in [9.17, 15) is 0 Å². The second-order valence-electron chi connectivity index (χ2n) is 2.35. The summed E-state index contributed by atoms with van der Waals surface area (Å²) in [5, 5.41) is 14.6. The van der Waals surface area contributed by atoms with Crippen LogP contribution >= 0.6 is 0 Å². The quantitative estimate of drug-likeness (QED) is 0.507. The van der Waals surface area contributed by atoms with Gasteiger partial charge in [-0.1, -0.05) is 0 Å². The molecule has 1 saturated heterocycles. The third-order valence-corrected chi connectivity index (χ3v) is 1.58. The molecule has 0 bridgehead atoms. The van der Waals surface area contributed by atoms with Gasteiger partial charge in [-0.25, -0.2) is 0 Å². The number of aliphatic hydroxyl groups is 1. The van der Waals surface area contributed by atoms with Gasteiger partial charge in [-0.05, 0) is 12.8 Å². The zero-order chi connectivity index (χ0) is 6.69. The molecule has 1 aliphatic rings. The van der Waals surface area contributed by atoms with E-state index in [1.54, 1.807) is 5.01 Å². The fraction of sp³-hybridized carbons (Fsp3) is 0.833. The lowest BCUT2D eigenvalue weighted by Gasteiger charge is -2.26. The SMILES string of the molecule is C=NN1CCC[C@@H](O)C1. The van der Waals surface area contributed by atoms with Gasteiger partial charge in [-0.2, -0.15) is 5.10 Å². The Morgan fingerprint density at radius 3 is 2.89 bits per heavy atom. The van der Waals surface area contributed by atoms with Crippen LogP contribution in [-0.4, -0.2) is 36.0 Å². The molecule has 0 aromatic carbocycles. The first-order chi connectivity index (χ1) is 4.33. The Labute approximate surface area is 55.0 Å². The van der Waals surface area contributed by atoms with Crippen LogP contribution in [0.5, 0.6) is 0 Å². The van der Waals surface area contributed by atoms with Gasteiger partial charge < -0.3 is 5.11 Å². The number of aliphatic hydroxyl groups excluding tert-OH is 1. The van der Waals surface area contributed by atoms with Crippen molar-refractivity contribution in [3.05, 3.63) is 0 Å². The fourth-order valence-corrected chi connectivity index (χ4v) is 1.06. The van der Waals surface area contributed by atoms with Gasteiger partial charge in [0, 0.05) is 13.3 Å². The lowest BCUT2D eigenvalue weighted by atomic mass is 10.1. The highest BCUT2D eigenvalue weighted by Gasteiger charge is 2.14. The second kappa shape index (κ2) is 2.82. The first-order valence-electron chi connectivity index (χ1n) is 3.22. The Morgan fingerprint density at radius 2 is 2.44 bits per heavy atom. The summed E-state index contributed by atoms with van der Waals surface area (Å²) >= 11 is 0. The zero-order valence-corrected chi connectivity index (χ0v) is 5.45. The van der Waals surface area contributed by atoms with Crippen molar-refractivity contribution < 1.29 is 5.11 Å². The number of β-amino-alcohol motifs (C(OH)–C–C–N with tert-alkyl or cyclic N) is 1. The van der Waals surface area contributed by atoms with Crippen LogP contribution in [0.2, 0.25) is 0 Å². The van der Waals surface area contributed by atoms with Gasteiger partial charge in [0.2, 0.25) is 0 Å². The fourth-order valence-electron chi connectivity index (χ4n) is 1.06. The normalized spacial score (nSPS) is 28.1. The summed E-state index contributed by atoms with van der Waals surface area (Å²) in [6, 6.07) is 0. The van der Waals surface area contributed by atoms with Crippen LogP contribution in [0.4, 0.5) is 0 Å². The van der Waals surface area contributed by atoms with Crippen LogP contribution in [0.3, 0.4) is 0 Å². The Bertz CT molecular complexity index is 105. The number of hydrogen-bond donors (Lipinski definition) is 1. The van der Waals surface area contributed by atoms with Crippen LogP contribution in [0.1, 0.15) is 12.8 Å². The van der Waals surface area contributed by atoms with E-state index in [1.165, 1.54) is 0 Å². The summed E-state index contributed by atoms with van der Waals surface area (Å²) < 4.78 is 0. The molecule has 0 spiro atoms. The van der Waals surface area contributed by atoms with Crippen LogP contribution in [-0.2, 0) is 0 Å². The van der Waals surface area contributed by atoms with E-state index < -0.39 is 0 Å². The Balaban J connectivity index is 2.31. The lowest BCUT2D eigenvalue weighted by molar-refractivity contribution is 0.0733. The van der Waals surface area contributed by atoms with Gasteiger partial charge >= 0.3 is 0 Å². The maximum atomic E-state index is 9.08. The largest absolute Gasteiger partial charge is 0.391 e. The topological polar surface area (TPSA) is 35.8 Å². The number of hydrazone groups is 1. The molecule has 1 rings (SSSR count). The Morgan fingerprint density at radius 1 is 1.67 bits per heavy atom. The molecular weight excluding hydrogens is 116 g/mol. The van der Waals surface area contributed by atoms with Gasteiger partial charge in [0.05, 0.1) is 12.6 Å². The molecule has 0 aliphatic carbocycles.